The van der Waals surface area contributed by atoms with E-state index in [1.165, 1.54) is 5.39 Å². The zero-order valence-electron chi connectivity index (χ0n) is 14.3. The summed E-state index contributed by atoms with van der Waals surface area (Å²) in [6, 6.07) is 23.6. The molecule has 0 aliphatic heterocycles. The fourth-order valence-electron chi connectivity index (χ4n) is 3.01. The van der Waals surface area contributed by atoms with Crippen molar-refractivity contribution < 1.29 is 4.79 Å². The second-order valence-electron chi connectivity index (χ2n) is 6.13. The van der Waals surface area contributed by atoms with Gasteiger partial charge in [0.1, 0.15) is 0 Å². The molecule has 0 aliphatic carbocycles. The number of carbonyl (C=O) groups excluding carboxylic acids is 1. The SMILES string of the molecule is Cc1cc(C(=O)NN=Cc2ccc3ccccc3c2)c2ccccc2n1. The van der Waals surface area contributed by atoms with Crippen molar-refractivity contribution in [2.45, 2.75) is 6.92 Å². The van der Waals surface area contributed by atoms with Crippen molar-refractivity contribution in [1.29, 1.82) is 0 Å². The van der Waals surface area contributed by atoms with Gasteiger partial charge in [-0.15, -0.1) is 0 Å². The average Bonchev–Trinajstić information content (AvgIpc) is 2.67. The number of aryl methyl sites for hydroxylation is 1. The minimum atomic E-state index is -0.247. The van der Waals surface area contributed by atoms with E-state index in [-0.39, 0.29) is 5.91 Å². The van der Waals surface area contributed by atoms with E-state index in [1.807, 2.05) is 61.5 Å². The van der Waals surface area contributed by atoms with Crippen LogP contribution in [0, 0.1) is 6.92 Å². The number of hydrogen-bond acceptors (Lipinski definition) is 3. The molecule has 1 aromatic heterocycles. The lowest BCUT2D eigenvalue weighted by atomic mass is 10.1. The molecule has 4 aromatic rings. The molecule has 4 heteroatoms. The summed E-state index contributed by atoms with van der Waals surface area (Å²) in [4.78, 5) is 17.0. The topological polar surface area (TPSA) is 54.4 Å². The molecule has 0 spiro atoms. The minimum Gasteiger partial charge on any atom is -0.267 e. The third-order valence-electron chi connectivity index (χ3n) is 4.24. The van der Waals surface area contributed by atoms with Gasteiger partial charge in [0.05, 0.1) is 17.3 Å². The Morgan fingerprint density at radius 1 is 0.962 bits per heavy atom. The highest BCUT2D eigenvalue weighted by Crippen LogP contribution is 2.18. The molecule has 3 aromatic carbocycles. The molecular formula is C22H17N3O. The maximum absolute atomic E-state index is 12.6. The number of fused-ring (bicyclic) bond motifs is 2. The van der Waals surface area contributed by atoms with Gasteiger partial charge in [0.15, 0.2) is 0 Å². The van der Waals surface area contributed by atoms with Crippen LogP contribution in [0.15, 0.2) is 77.9 Å². The second kappa shape index (κ2) is 6.76. The summed E-state index contributed by atoms with van der Waals surface area (Å²) in [7, 11) is 0. The Hall–Kier alpha value is -3.53. The van der Waals surface area contributed by atoms with Crippen molar-refractivity contribution in [2.24, 2.45) is 5.10 Å². The number of hydrazone groups is 1. The van der Waals surface area contributed by atoms with Crippen LogP contribution in [0.5, 0.6) is 0 Å². The van der Waals surface area contributed by atoms with Crippen molar-refractivity contribution in [3.63, 3.8) is 0 Å². The Kier molecular flexibility index (Phi) is 4.15. The van der Waals surface area contributed by atoms with Gasteiger partial charge < -0.3 is 0 Å². The largest absolute Gasteiger partial charge is 0.272 e. The molecule has 26 heavy (non-hydrogen) atoms. The number of amides is 1. The van der Waals surface area contributed by atoms with Crippen LogP contribution in [0.1, 0.15) is 21.6 Å². The third-order valence-corrected chi connectivity index (χ3v) is 4.24. The van der Waals surface area contributed by atoms with Crippen LogP contribution in [-0.2, 0) is 0 Å². The first-order valence-electron chi connectivity index (χ1n) is 8.39. The normalized spacial score (nSPS) is 11.3. The second-order valence-corrected chi connectivity index (χ2v) is 6.13. The van der Waals surface area contributed by atoms with Gasteiger partial charge in [-0.3, -0.25) is 9.78 Å². The summed E-state index contributed by atoms with van der Waals surface area (Å²) in [5.41, 5.74) is 5.72. The van der Waals surface area contributed by atoms with Gasteiger partial charge in [-0.25, -0.2) is 5.43 Å². The highest BCUT2D eigenvalue weighted by atomic mass is 16.2. The van der Waals surface area contributed by atoms with Crippen molar-refractivity contribution in [2.75, 3.05) is 0 Å². The number of hydrogen-bond donors (Lipinski definition) is 1. The number of nitrogens with one attached hydrogen (secondary N) is 1. The van der Waals surface area contributed by atoms with Crippen molar-refractivity contribution in [3.8, 4) is 0 Å². The first-order chi connectivity index (χ1) is 12.7. The zero-order chi connectivity index (χ0) is 17.9. The molecule has 0 aliphatic rings. The monoisotopic (exact) mass is 339 g/mol. The van der Waals surface area contributed by atoms with E-state index in [0.29, 0.717) is 5.56 Å². The zero-order valence-corrected chi connectivity index (χ0v) is 14.3. The van der Waals surface area contributed by atoms with Crippen LogP contribution in [0.2, 0.25) is 0 Å². The molecule has 0 fully saturated rings. The molecule has 0 saturated carbocycles. The van der Waals surface area contributed by atoms with E-state index in [9.17, 15) is 4.79 Å². The van der Waals surface area contributed by atoms with E-state index < -0.39 is 0 Å². The van der Waals surface area contributed by atoms with Crippen molar-refractivity contribution >= 4 is 33.8 Å². The fourth-order valence-corrected chi connectivity index (χ4v) is 3.01. The predicted molar refractivity (Wildman–Crippen MR) is 105 cm³/mol. The molecule has 0 bridgehead atoms. The van der Waals surface area contributed by atoms with Gasteiger partial charge in [-0.05, 0) is 41.5 Å². The predicted octanol–water partition coefficient (Wildman–Crippen LogP) is 4.46. The molecule has 126 valence electrons. The van der Waals surface area contributed by atoms with E-state index in [4.69, 9.17) is 0 Å². The van der Waals surface area contributed by atoms with Crippen LogP contribution in [0.4, 0.5) is 0 Å². The Morgan fingerprint density at radius 3 is 2.62 bits per heavy atom. The fraction of sp³-hybridized carbons (Fsp3) is 0.0455. The van der Waals surface area contributed by atoms with Crippen molar-refractivity contribution in [1.82, 2.24) is 10.4 Å². The molecular weight excluding hydrogens is 322 g/mol. The summed E-state index contributed by atoms with van der Waals surface area (Å²) < 4.78 is 0. The third kappa shape index (κ3) is 3.17. The van der Waals surface area contributed by atoms with E-state index in [0.717, 1.165) is 27.5 Å². The number of para-hydroxylation sites is 1. The van der Waals surface area contributed by atoms with Crippen LogP contribution < -0.4 is 5.43 Å². The van der Waals surface area contributed by atoms with Crippen LogP contribution in [0.25, 0.3) is 21.7 Å². The quantitative estimate of drug-likeness (QED) is 0.442. The molecule has 0 unspecified atom stereocenters. The number of rotatable bonds is 3. The maximum atomic E-state index is 12.6. The average molecular weight is 339 g/mol. The molecule has 1 heterocycles. The summed E-state index contributed by atoms with van der Waals surface area (Å²) in [5, 5.41) is 7.24. The molecule has 4 rings (SSSR count). The number of carbonyl (C=O) groups is 1. The van der Waals surface area contributed by atoms with Gasteiger partial charge in [0.25, 0.3) is 5.91 Å². The van der Waals surface area contributed by atoms with E-state index in [2.05, 4.69) is 27.6 Å². The summed E-state index contributed by atoms with van der Waals surface area (Å²) in [5.74, 6) is -0.247. The number of pyridine rings is 1. The van der Waals surface area contributed by atoms with Gasteiger partial charge in [-0.1, -0.05) is 54.6 Å². The van der Waals surface area contributed by atoms with Crippen LogP contribution >= 0.6 is 0 Å². The Morgan fingerprint density at radius 2 is 1.73 bits per heavy atom. The van der Waals surface area contributed by atoms with Gasteiger partial charge in [-0.2, -0.15) is 5.10 Å². The lowest BCUT2D eigenvalue weighted by Crippen LogP contribution is -2.18. The van der Waals surface area contributed by atoms with Gasteiger partial charge in [0.2, 0.25) is 0 Å². The first kappa shape index (κ1) is 16.0. The summed E-state index contributed by atoms with van der Waals surface area (Å²) >= 11 is 0. The smallest absolute Gasteiger partial charge is 0.267 e. The maximum Gasteiger partial charge on any atom is 0.272 e. The highest BCUT2D eigenvalue weighted by Gasteiger charge is 2.10. The number of benzene rings is 3. The lowest BCUT2D eigenvalue weighted by Gasteiger charge is -2.06. The van der Waals surface area contributed by atoms with Gasteiger partial charge >= 0.3 is 0 Å². The summed E-state index contributed by atoms with van der Waals surface area (Å²) in [6.45, 7) is 1.88. The molecule has 0 saturated heterocycles. The number of nitrogens with zero attached hydrogens (tertiary/aromatic N) is 2. The Labute approximate surface area is 151 Å². The van der Waals surface area contributed by atoms with Crippen LogP contribution in [-0.4, -0.2) is 17.1 Å². The molecule has 1 N–H and O–H groups in total. The van der Waals surface area contributed by atoms with Crippen molar-refractivity contribution in [3.05, 3.63) is 89.6 Å². The molecule has 1 amide bonds. The molecule has 0 atom stereocenters. The molecule has 0 radical (unpaired) electrons. The highest BCUT2D eigenvalue weighted by molar-refractivity contribution is 6.06. The standard InChI is InChI=1S/C22H17N3O/c1-15-12-20(19-8-4-5-9-21(19)24-15)22(26)25-23-14-16-10-11-17-6-2-3-7-18(17)13-16/h2-14H,1H3,(H,25,26). The Bertz CT molecular complexity index is 1150. The first-order valence-corrected chi connectivity index (χ1v) is 8.39. The van der Waals surface area contributed by atoms with E-state index >= 15 is 0 Å². The number of aromatic nitrogens is 1. The van der Waals surface area contributed by atoms with Crippen LogP contribution in [0.3, 0.4) is 0 Å². The summed E-state index contributed by atoms with van der Waals surface area (Å²) in [6.07, 6.45) is 1.65. The van der Waals surface area contributed by atoms with E-state index in [1.54, 1.807) is 12.3 Å². The van der Waals surface area contributed by atoms with Gasteiger partial charge in [0, 0.05) is 11.1 Å². The Balaban J connectivity index is 1.57. The lowest BCUT2D eigenvalue weighted by molar-refractivity contribution is 0.0956. The minimum absolute atomic E-state index is 0.247. The molecule has 4 nitrogen and oxygen atoms in total.